The molecule has 1 aliphatic rings. The van der Waals surface area contributed by atoms with Gasteiger partial charge in [-0.1, -0.05) is 18.2 Å². The number of nitriles is 1. The van der Waals surface area contributed by atoms with Gasteiger partial charge < -0.3 is 9.64 Å². The molecule has 2 aromatic rings. The van der Waals surface area contributed by atoms with Crippen molar-refractivity contribution < 1.29 is 9.53 Å². The van der Waals surface area contributed by atoms with Gasteiger partial charge in [0.1, 0.15) is 11.8 Å². The molecule has 1 aliphatic heterocycles. The number of hydrogen-bond donors (Lipinski definition) is 0. The summed E-state index contributed by atoms with van der Waals surface area (Å²) in [7, 11) is 0. The summed E-state index contributed by atoms with van der Waals surface area (Å²) in [5.41, 5.74) is 2.72. The van der Waals surface area contributed by atoms with Gasteiger partial charge in [0.05, 0.1) is 0 Å². The molecule has 0 N–H and O–H groups in total. The molecule has 0 bridgehead atoms. The molecule has 3 rings (SSSR count). The second kappa shape index (κ2) is 5.68. The van der Waals surface area contributed by atoms with Crippen molar-refractivity contribution in [2.45, 2.75) is 6.42 Å². The average Bonchev–Trinajstić information content (AvgIpc) is 2.54. The van der Waals surface area contributed by atoms with Crippen molar-refractivity contribution in [2.75, 3.05) is 18.1 Å². The van der Waals surface area contributed by atoms with Crippen molar-refractivity contribution in [3.63, 3.8) is 0 Å². The van der Waals surface area contributed by atoms with Gasteiger partial charge >= 0.3 is 0 Å². The highest BCUT2D eigenvalue weighted by Crippen LogP contribution is 2.26. The zero-order chi connectivity index (χ0) is 14.7. The van der Waals surface area contributed by atoms with Crippen LogP contribution in [-0.2, 0) is 6.42 Å². The fourth-order valence-corrected chi connectivity index (χ4v) is 2.51. The highest BCUT2D eigenvalue weighted by Gasteiger charge is 2.24. The topological polar surface area (TPSA) is 53.3 Å². The molecular weight excluding hydrogens is 264 g/mol. The number of amides is 1. The summed E-state index contributed by atoms with van der Waals surface area (Å²) in [5, 5.41) is 8.49. The largest absolute Gasteiger partial charge is 0.479 e. The highest BCUT2D eigenvalue weighted by molar-refractivity contribution is 6.08. The van der Waals surface area contributed by atoms with E-state index in [1.54, 1.807) is 17.0 Å². The Morgan fingerprint density at radius 2 is 1.90 bits per heavy atom. The van der Waals surface area contributed by atoms with Crippen LogP contribution in [0.25, 0.3) is 0 Å². The number of hydrogen-bond acceptors (Lipinski definition) is 3. The average molecular weight is 278 g/mol. The molecule has 0 radical (unpaired) electrons. The van der Waals surface area contributed by atoms with E-state index in [0.717, 1.165) is 23.2 Å². The number of carbonyl (C=O) groups is 1. The summed E-state index contributed by atoms with van der Waals surface area (Å²) in [6.45, 7) is 0.698. The number of benzene rings is 2. The molecule has 1 heterocycles. The van der Waals surface area contributed by atoms with Crippen molar-refractivity contribution >= 4 is 11.6 Å². The van der Waals surface area contributed by atoms with E-state index in [1.165, 1.54) is 0 Å². The van der Waals surface area contributed by atoms with Crippen LogP contribution in [0.4, 0.5) is 5.69 Å². The van der Waals surface area contributed by atoms with Crippen molar-refractivity contribution in [3.05, 3.63) is 59.7 Å². The Morgan fingerprint density at radius 1 is 1.14 bits per heavy atom. The lowest BCUT2D eigenvalue weighted by atomic mass is 9.98. The van der Waals surface area contributed by atoms with E-state index in [0.29, 0.717) is 12.3 Å². The first-order valence-corrected chi connectivity index (χ1v) is 6.79. The Morgan fingerprint density at radius 3 is 2.67 bits per heavy atom. The van der Waals surface area contributed by atoms with Gasteiger partial charge in [0.2, 0.25) is 0 Å². The highest BCUT2D eigenvalue weighted by atomic mass is 16.5. The normalized spacial score (nSPS) is 13.5. The van der Waals surface area contributed by atoms with E-state index in [-0.39, 0.29) is 12.5 Å². The molecule has 0 aromatic heterocycles. The van der Waals surface area contributed by atoms with E-state index in [4.69, 9.17) is 10.00 Å². The van der Waals surface area contributed by atoms with E-state index < -0.39 is 0 Å². The van der Waals surface area contributed by atoms with Gasteiger partial charge in [0, 0.05) is 17.8 Å². The fraction of sp³-hybridized carbons (Fsp3) is 0.176. The molecule has 0 unspecified atom stereocenters. The van der Waals surface area contributed by atoms with Gasteiger partial charge in [-0.15, -0.1) is 0 Å². The van der Waals surface area contributed by atoms with Crippen molar-refractivity contribution in [2.24, 2.45) is 0 Å². The Kier molecular flexibility index (Phi) is 3.57. The van der Waals surface area contributed by atoms with E-state index in [1.807, 2.05) is 42.5 Å². The Bertz CT molecular complexity index is 701. The first-order chi connectivity index (χ1) is 10.3. The number of rotatable bonds is 3. The molecular formula is C17H14N2O2. The third kappa shape index (κ3) is 2.59. The summed E-state index contributed by atoms with van der Waals surface area (Å²) >= 11 is 0. The van der Waals surface area contributed by atoms with Crippen LogP contribution in [0.5, 0.6) is 5.75 Å². The summed E-state index contributed by atoms with van der Waals surface area (Å²) in [4.78, 5) is 14.3. The Balaban J connectivity index is 1.82. The minimum atomic E-state index is 0.0232. The SMILES string of the molecule is N#CCOc1ccc(N2CCc3ccccc3C2=O)cc1. The number of anilines is 1. The molecule has 1 amide bonds. The molecule has 0 atom stereocenters. The zero-order valence-corrected chi connectivity index (χ0v) is 11.5. The molecule has 104 valence electrons. The molecule has 21 heavy (non-hydrogen) atoms. The maximum absolute atomic E-state index is 12.5. The molecule has 4 heteroatoms. The van der Waals surface area contributed by atoms with Crippen LogP contribution in [-0.4, -0.2) is 19.1 Å². The van der Waals surface area contributed by atoms with Crippen LogP contribution in [0.15, 0.2) is 48.5 Å². The minimum absolute atomic E-state index is 0.0232. The maximum Gasteiger partial charge on any atom is 0.258 e. The lowest BCUT2D eigenvalue weighted by Gasteiger charge is -2.28. The Hall–Kier alpha value is -2.80. The maximum atomic E-state index is 12.5. The van der Waals surface area contributed by atoms with Gasteiger partial charge in [-0.2, -0.15) is 5.26 Å². The number of nitrogens with zero attached hydrogens (tertiary/aromatic N) is 2. The Labute approximate surface area is 123 Å². The molecule has 0 fully saturated rings. The molecule has 0 saturated carbocycles. The second-order valence-corrected chi connectivity index (χ2v) is 4.80. The lowest BCUT2D eigenvalue weighted by molar-refractivity contribution is 0.0980. The van der Waals surface area contributed by atoms with Gasteiger partial charge in [0.15, 0.2) is 6.61 Å². The number of carbonyl (C=O) groups excluding carboxylic acids is 1. The van der Waals surface area contributed by atoms with Crippen LogP contribution < -0.4 is 9.64 Å². The van der Waals surface area contributed by atoms with Gasteiger partial charge in [-0.05, 0) is 42.3 Å². The molecule has 0 aliphatic carbocycles. The molecule has 4 nitrogen and oxygen atoms in total. The second-order valence-electron chi connectivity index (χ2n) is 4.80. The fourth-order valence-electron chi connectivity index (χ4n) is 2.51. The predicted molar refractivity (Wildman–Crippen MR) is 79.4 cm³/mol. The summed E-state index contributed by atoms with van der Waals surface area (Å²) < 4.78 is 5.22. The smallest absolute Gasteiger partial charge is 0.258 e. The van der Waals surface area contributed by atoms with Gasteiger partial charge in [-0.25, -0.2) is 0 Å². The lowest BCUT2D eigenvalue weighted by Crippen LogP contribution is -2.37. The van der Waals surface area contributed by atoms with Crippen molar-refractivity contribution in [1.82, 2.24) is 0 Å². The van der Waals surface area contributed by atoms with Crippen molar-refractivity contribution in [3.8, 4) is 11.8 Å². The van der Waals surface area contributed by atoms with Crippen molar-refractivity contribution in [1.29, 1.82) is 5.26 Å². The third-order valence-corrected chi connectivity index (χ3v) is 3.55. The van der Waals surface area contributed by atoms with Gasteiger partial charge in [-0.3, -0.25) is 4.79 Å². The number of ether oxygens (including phenoxy) is 1. The quantitative estimate of drug-likeness (QED) is 0.867. The third-order valence-electron chi connectivity index (χ3n) is 3.55. The summed E-state index contributed by atoms with van der Waals surface area (Å²) in [6.07, 6.45) is 0.856. The standard InChI is InChI=1S/C17H14N2O2/c18-10-12-21-15-7-5-14(6-8-15)19-11-9-13-3-1-2-4-16(13)17(19)20/h1-8H,9,11-12H2. The zero-order valence-electron chi connectivity index (χ0n) is 11.5. The van der Waals surface area contributed by atoms with E-state index >= 15 is 0 Å². The monoisotopic (exact) mass is 278 g/mol. The molecule has 0 spiro atoms. The van der Waals surface area contributed by atoms with Crippen LogP contribution >= 0.6 is 0 Å². The first kappa shape index (κ1) is 13.2. The summed E-state index contributed by atoms with van der Waals surface area (Å²) in [5.74, 6) is 0.660. The molecule has 0 saturated heterocycles. The predicted octanol–water partition coefficient (Wildman–Crippen LogP) is 2.79. The van der Waals surface area contributed by atoms with Gasteiger partial charge in [0.25, 0.3) is 5.91 Å². The van der Waals surface area contributed by atoms with Crippen LogP contribution in [0.1, 0.15) is 15.9 Å². The van der Waals surface area contributed by atoms with Crippen LogP contribution in [0.3, 0.4) is 0 Å². The van der Waals surface area contributed by atoms with Crippen LogP contribution in [0, 0.1) is 11.3 Å². The summed E-state index contributed by atoms with van der Waals surface area (Å²) in [6, 6.07) is 16.9. The first-order valence-electron chi connectivity index (χ1n) is 6.79. The van der Waals surface area contributed by atoms with E-state index in [2.05, 4.69) is 0 Å². The van der Waals surface area contributed by atoms with E-state index in [9.17, 15) is 4.79 Å². The van der Waals surface area contributed by atoms with Crippen LogP contribution in [0.2, 0.25) is 0 Å². The minimum Gasteiger partial charge on any atom is -0.479 e. The molecule has 2 aromatic carbocycles. The number of fused-ring (bicyclic) bond motifs is 1.